The molecule has 0 aliphatic carbocycles. The lowest BCUT2D eigenvalue weighted by molar-refractivity contribution is 0.102. The van der Waals surface area contributed by atoms with E-state index < -0.39 is 0 Å². The smallest absolute Gasteiger partial charge is 0.322 e. The molecule has 11 heteroatoms. The van der Waals surface area contributed by atoms with Crippen LogP contribution in [0.4, 0.5) is 23.3 Å². The topological polar surface area (TPSA) is 165 Å². The molecule has 2 atom stereocenters. The average Bonchev–Trinajstić information content (AvgIpc) is 2.80. The molecule has 7 N–H and O–H groups in total. The molecule has 178 valence electrons. The summed E-state index contributed by atoms with van der Waals surface area (Å²) in [6.07, 6.45) is 0.732. The summed E-state index contributed by atoms with van der Waals surface area (Å²) in [4.78, 5) is 27.4. The number of piperidine rings is 1. The van der Waals surface area contributed by atoms with Gasteiger partial charge < -0.3 is 36.8 Å². The van der Waals surface area contributed by atoms with Crippen LogP contribution in [0, 0.1) is 6.92 Å². The maximum absolute atomic E-state index is 12.5. The van der Waals surface area contributed by atoms with Crippen LogP contribution in [-0.2, 0) is 0 Å². The van der Waals surface area contributed by atoms with Gasteiger partial charge >= 0.3 is 6.01 Å². The Morgan fingerprint density at radius 1 is 1.09 bits per heavy atom. The molecule has 0 saturated carbocycles. The fourth-order valence-corrected chi connectivity index (χ4v) is 3.72. The summed E-state index contributed by atoms with van der Waals surface area (Å²) < 4.78 is 5.23. The molecule has 2 aromatic carbocycles. The number of aromatic nitrogens is 3. The van der Waals surface area contributed by atoms with Crippen LogP contribution < -0.4 is 31.7 Å². The maximum atomic E-state index is 12.5. The van der Waals surface area contributed by atoms with E-state index in [1.165, 1.54) is 13.2 Å². The third kappa shape index (κ3) is 5.50. The number of benzene rings is 2. The van der Waals surface area contributed by atoms with E-state index in [0.717, 1.165) is 12.0 Å². The van der Waals surface area contributed by atoms with Gasteiger partial charge in [-0.3, -0.25) is 4.79 Å². The molecule has 0 spiro atoms. The van der Waals surface area contributed by atoms with Crippen molar-refractivity contribution in [2.45, 2.75) is 25.4 Å². The van der Waals surface area contributed by atoms with Gasteiger partial charge in [0.15, 0.2) is 0 Å². The van der Waals surface area contributed by atoms with Gasteiger partial charge in [0, 0.05) is 42.5 Å². The quantitative estimate of drug-likeness (QED) is 0.339. The number of anilines is 4. The van der Waals surface area contributed by atoms with Crippen molar-refractivity contribution in [1.29, 1.82) is 0 Å². The van der Waals surface area contributed by atoms with Crippen LogP contribution in [0.3, 0.4) is 0 Å². The number of methoxy groups -OCH3 is 1. The van der Waals surface area contributed by atoms with Gasteiger partial charge in [-0.15, -0.1) is 0 Å². The Hall–Kier alpha value is -3.96. The number of rotatable bonds is 6. The van der Waals surface area contributed by atoms with Gasteiger partial charge in [0.1, 0.15) is 5.75 Å². The van der Waals surface area contributed by atoms with E-state index in [2.05, 4.69) is 25.6 Å². The number of phenolic OH excluding ortho intramolecular Hbond substituents is 1. The summed E-state index contributed by atoms with van der Waals surface area (Å²) in [7, 11) is 1.47. The molecule has 1 aliphatic rings. The molecule has 11 nitrogen and oxygen atoms in total. The second-order valence-electron chi connectivity index (χ2n) is 8.28. The van der Waals surface area contributed by atoms with Crippen LogP contribution in [0.25, 0.3) is 0 Å². The third-order valence-electron chi connectivity index (χ3n) is 5.40. The van der Waals surface area contributed by atoms with Gasteiger partial charge in [0.2, 0.25) is 11.9 Å². The number of nitrogens with two attached hydrogens (primary N) is 2. The molecule has 4 rings (SSSR count). The van der Waals surface area contributed by atoms with Crippen LogP contribution in [0.1, 0.15) is 22.3 Å². The molecule has 34 heavy (non-hydrogen) atoms. The summed E-state index contributed by atoms with van der Waals surface area (Å²) in [5.74, 6) is 0.192. The summed E-state index contributed by atoms with van der Waals surface area (Å²) >= 11 is 0. The highest BCUT2D eigenvalue weighted by molar-refractivity contribution is 6.05. The van der Waals surface area contributed by atoms with E-state index in [4.69, 9.17) is 16.2 Å². The molecule has 1 saturated heterocycles. The highest BCUT2D eigenvalue weighted by Gasteiger charge is 2.25. The van der Waals surface area contributed by atoms with Gasteiger partial charge in [-0.2, -0.15) is 15.0 Å². The molecule has 1 aromatic heterocycles. The number of phenols is 1. The van der Waals surface area contributed by atoms with Crippen molar-refractivity contribution in [2.75, 3.05) is 35.7 Å². The average molecular weight is 465 g/mol. The van der Waals surface area contributed by atoms with E-state index in [1.807, 2.05) is 24.0 Å². The van der Waals surface area contributed by atoms with Crippen LogP contribution in [0.2, 0.25) is 0 Å². The minimum absolute atomic E-state index is 0.0810. The van der Waals surface area contributed by atoms with Gasteiger partial charge in [0.25, 0.3) is 5.91 Å². The van der Waals surface area contributed by atoms with Gasteiger partial charge in [-0.05, 0) is 37.6 Å². The molecular weight excluding hydrogens is 436 g/mol. The van der Waals surface area contributed by atoms with Crippen LogP contribution in [0.5, 0.6) is 11.8 Å². The number of carbonyl (C=O) groups excluding carboxylic acids is 1. The number of carbonyl (C=O) groups is 1. The fraction of sp³-hybridized carbons (Fsp3) is 0.304. The van der Waals surface area contributed by atoms with E-state index in [1.54, 1.807) is 24.3 Å². The van der Waals surface area contributed by atoms with Crippen molar-refractivity contribution < 1.29 is 14.6 Å². The number of nitrogens with zero attached hydrogens (tertiary/aromatic N) is 4. The Kier molecular flexibility index (Phi) is 6.75. The van der Waals surface area contributed by atoms with Crippen molar-refractivity contribution in [2.24, 2.45) is 11.5 Å². The number of hydrogen-bond donors (Lipinski definition) is 5. The van der Waals surface area contributed by atoms with Gasteiger partial charge in [-0.25, -0.2) is 0 Å². The molecule has 1 aliphatic heterocycles. The van der Waals surface area contributed by atoms with E-state index in [0.29, 0.717) is 30.3 Å². The van der Waals surface area contributed by atoms with E-state index in [9.17, 15) is 9.90 Å². The molecule has 3 aromatic rings. The maximum Gasteiger partial charge on any atom is 0.322 e. The summed E-state index contributed by atoms with van der Waals surface area (Å²) in [5.41, 5.74) is 14.5. The minimum Gasteiger partial charge on any atom is -0.506 e. The highest BCUT2D eigenvalue weighted by Crippen LogP contribution is 2.29. The largest absolute Gasteiger partial charge is 0.506 e. The normalized spacial score (nSPS) is 17.8. The number of ether oxygens (including phenoxy) is 1. The first kappa shape index (κ1) is 23.2. The minimum atomic E-state index is -0.319. The Bertz CT molecular complexity index is 1160. The molecule has 0 radical (unpaired) electrons. The second-order valence-corrected chi connectivity index (χ2v) is 8.28. The van der Waals surface area contributed by atoms with E-state index >= 15 is 0 Å². The van der Waals surface area contributed by atoms with Crippen molar-refractivity contribution in [1.82, 2.24) is 15.0 Å². The standard InChI is InChI=1S/C23H28N8O3/c1-13-3-5-14(6-4-13)20(33)27-18-8-7-17(10-19(18)32)26-21-28-22(30-23(29-21)34-2)31-11-15(24)9-16(25)12-31/h3-8,10,15-16,32H,9,11-12,24-25H2,1-2H3,(H,27,33)(H,26,28,29,30). The summed E-state index contributed by atoms with van der Waals surface area (Å²) in [6.45, 7) is 3.08. The summed E-state index contributed by atoms with van der Waals surface area (Å²) in [5, 5.41) is 16.2. The molecular formula is C23H28N8O3. The van der Waals surface area contributed by atoms with Crippen LogP contribution in [-0.4, -0.2) is 58.2 Å². The Balaban J connectivity index is 1.50. The SMILES string of the molecule is COc1nc(Nc2ccc(NC(=O)c3ccc(C)cc3)c(O)c2)nc(N2CC(N)CC(N)C2)n1. The highest BCUT2D eigenvalue weighted by atomic mass is 16.5. The lowest BCUT2D eigenvalue weighted by Gasteiger charge is -2.34. The zero-order valence-corrected chi connectivity index (χ0v) is 19.0. The zero-order valence-electron chi connectivity index (χ0n) is 19.0. The molecule has 2 heterocycles. The second kappa shape index (κ2) is 9.89. The zero-order chi connectivity index (χ0) is 24.2. The predicted molar refractivity (Wildman–Crippen MR) is 130 cm³/mol. The van der Waals surface area contributed by atoms with Crippen LogP contribution in [0.15, 0.2) is 42.5 Å². The number of nitrogens with one attached hydrogen (secondary N) is 2. The predicted octanol–water partition coefficient (Wildman–Crippen LogP) is 1.75. The van der Waals surface area contributed by atoms with Crippen molar-refractivity contribution >= 4 is 29.2 Å². The lowest BCUT2D eigenvalue weighted by Crippen LogP contribution is -2.52. The molecule has 1 fully saturated rings. The monoisotopic (exact) mass is 464 g/mol. The van der Waals surface area contributed by atoms with Gasteiger partial charge in [-0.1, -0.05) is 17.7 Å². The number of aryl methyl sites for hydroxylation is 1. The molecule has 0 bridgehead atoms. The molecule has 2 unspecified atom stereocenters. The lowest BCUT2D eigenvalue weighted by atomic mass is 10.0. The fourth-order valence-electron chi connectivity index (χ4n) is 3.72. The first-order chi connectivity index (χ1) is 16.3. The van der Waals surface area contributed by atoms with Crippen molar-refractivity contribution in [3.63, 3.8) is 0 Å². The third-order valence-corrected chi connectivity index (χ3v) is 5.40. The first-order valence-electron chi connectivity index (χ1n) is 10.8. The van der Waals surface area contributed by atoms with Gasteiger partial charge in [0.05, 0.1) is 12.8 Å². The summed E-state index contributed by atoms with van der Waals surface area (Å²) in [6, 6.07) is 11.9. The Labute approximate surface area is 197 Å². The molecule has 1 amide bonds. The number of amides is 1. The number of hydrogen-bond acceptors (Lipinski definition) is 10. The van der Waals surface area contributed by atoms with Crippen LogP contribution >= 0.6 is 0 Å². The van der Waals surface area contributed by atoms with Crippen molar-refractivity contribution in [3.8, 4) is 11.8 Å². The van der Waals surface area contributed by atoms with E-state index in [-0.39, 0.29) is 41.4 Å². The first-order valence-corrected chi connectivity index (χ1v) is 10.8. The Morgan fingerprint density at radius 2 is 1.79 bits per heavy atom. The number of aromatic hydroxyl groups is 1. The Morgan fingerprint density at radius 3 is 2.44 bits per heavy atom. The van der Waals surface area contributed by atoms with Crippen molar-refractivity contribution in [3.05, 3.63) is 53.6 Å².